The fraction of sp³-hybridized carbons (Fsp3) is 0.241. The van der Waals surface area contributed by atoms with Gasteiger partial charge in [0.2, 0.25) is 0 Å². The average molecular weight is 439 g/mol. The SMILES string of the molecule is CCCCOc1ccc(-c2cc(C(=O)N[C@H](C)c3ccc(C)cc3)c3ccccc3n2)cc1. The normalized spacial score (nSPS) is 11.8. The average Bonchev–Trinajstić information content (AvgIpc) is 2.84. The van der Waals surface area contributed by atoms with E-state index in [0.29, 0.717) is 12.2 Å². The number of hydrogen-bond acceptors (Lipinski definition) is 3. The fourth-order valence-corrected chi connectivity index (χ4v) is 3.78. The smallest absolute Gasteiger partial charge is 0.252 e. The number of nitrogens with one attached hydrogen (secondary N) is 1. The minimum Gasteiger partial charge on any atom is -0.494 e. The summed E-state index contributed by atoms with van der Waals surface area (Å²) in [6, 6.07) is 25.7. The molecule has 1 aromatic heterocycles. The Labute approximate surface area is 195 Å². The minimum atomic E-state index is -0.109. The van der Waals surface area contributed by atoms with Crippen LogP contribution in [-0.2, 0) is 0 Å². The minimum absolute atomic E-state index is 0.104. The zero-order chi connectivity index (χ0) is 23.2. The first-order valence-corrected chi connectivity index (χ1v) is 11.6. The molecule has 4 nitrogen and oxygen atoms in total. The quantitative estimate of drug-likeness (QED) is 0.305. The van der Waals surface area contributed by atoms with Crippen LogP contribution in [0.3, 0.4) is 0 Å². The lowest BCUT2D eigenvalue weighted by Gasteiger charge is -2.16. The van der Waals surface area contributed by atoms with Crippen LogP contribution in [-0.4, -0.2) is 17.5 Å². The third-order valence-corrected chi connectivity index (χ3v) is 5.80. The van der Waals surface area contributed by atoms with Gasteiger partial charge in [0.1, 0.15) is 5.75 Å². The molecule has 1 N–H and O–H groups in total. The zero-order valence-corrected chi connectivity index (χ0v) is 19.5. The van der Waals surface area contributed by atoms with Gasteiger partial charge in [0.15, 0.2) is 0 Å². The number of unbranched alkanes of at least 4 members (excludes halogenated alkanes) is 1. The second-order valence-corrected chi connectivity index (χ2v) is 8.40. The highest BCUT2D eigenvalue weighted by Crippen LogP contribution is 2.27. The van der Waals surface area contributed by atoms with Crippen LogP contribution < -0.4 is 10.1 Å². The Morgan fingerprint density at radius 1 is 1.00 bits per heavy atom. The van der Waals surface area contributed by atoms with Gasteiger partial charge in [-0.2, -0.15) is 0 Å². The largest absolute Gasteiger partial charge is 0.494 e. The van der Waals surface area contributed by atoms with Crippen molar-refractivity contribution in [1.82, 2.24) is 10.3 Å². The number of nitrogens with zero attached hydrogens (tertiary/aromatic N) is 1. The summed E-state index contributed by atoms with van der Waals surface area (Å²) in [4.78, 5) is 18.2. The second-order valence-electron chi connectivity index (χ2n) is 8.40. The van der Waals surface area contributed by atoms with Crippen molar-refractivity contribution in [3.63, 3.8) is 0 Å². The summed E-state index contributed by atoms with van der Waals surface area (Å²) in [6.07, 6.45) is 2.14. The van der Waals surface area contributed by atoms with Crippen molar-refractivity contribution in [2.75, 3.05) is 6.61 Å². The van der Waals surface area contributed by atoms with Gasteiger partial charge in [-0.3, -0.25) is 4.79 Å². The van der Waals surface area contributed by atoms with Crippen LogP contribution in [0.1, 0.15) is 54.2 Å². The Morgan fingerprint density at radius 3 is 2.45 bits per heavy atom. The van der Waals surface area contributed by atoms with Gasteiger partial charge in [-0.05, 0) is 62.2 Å². The van der Waals surface area contributed by atoms with Gasteiger partial charge >= 0.3 is 0 Å². The van der Waals surface area contributed by atoms with Gasteiger partial charge < -0.3 is 10.1 Å². The first-order valence-electron chi connectivity index (χ1n) is 11.6. The van der Waals surface area contributed by atoms with Crippen LogP contribution in [0, 0.1) is 6.92 Å². The number of rotatable bonds is 8. The van der Waals surface area contributed by atoms with E-state index < -0.39 is 0 Å². The van der Waals surface area contributed by atoms with Crippen LogP contribution in [0.4, 0.5) is 0 Å². The van der Waals surface area contributed by atoms with E-state index in [1.54, 1.807) is 0 Å². The lowest BCUT2D eigenvalue weighted by atomic mass is 10.0. The van der Waals surface area contributed by atoms with E-state index in [4.69, 9.17) is 9.72 Å². The van der Waals surface area contributed by atoms with Gasteiger partial charge in [0.25, 0.3) is 5.91 Å². The third kappa shape index (κ3) is 5.40. The highest BCUT2D eigenvalue weighted by Gasteiger charge is 2.16. The first kappa shape index (κ1) is 22.5. The summed E-state index contributed by atoms with van der Waals surface area (Å²) in [5.74, 6) is 0.736. The van der Waals surface area contributed by atoms with Gasteiger partial charge in [-0.25, -0.2) is 4.98 Å². The number of amides is 1. The molecule has 1 heterocycles. The summed E-state index contributed by atoms with van der Waals surface area (Å²) < 4.78 is 5.78. The van der Waals surface area contributed by atoms with Crippen molar-refractivity contribution >= 4 is 16.8 Å². The number of carbonyl (C=O) groups is 1. The Kier molecular flexibility index (Phi) is 7.04. The molecule has 1 amide bonds. The molecular formula is C29H30N2O2. The summed E-state index contributed by atoms with van der Waals surface area (Å²) >= 11 is 0. The number of aryl methyl sites for hydroxylation is 1. The molecule has 0 saturated heterocycles. The zero-order valence-electron chi connectivity index (χ0n) is 19.5. The first-order chi connectivity index (χ1) is 16.0. The van der Waals surface area contributed by atoms with E-state index in [-0.39, 0.29) is 11.9 Å². The monoisotopic (exact) mass is 438 g/mol. The molecule has 3 aromatic carbocycles. The molecule has 0 unspecified atom stereocenters. The number of fused-ring (bicyclic) bond motifs is 1. The molecule has 0 aliphatic rings. The molecule has 0 spiro atoms. The Balaban J connectivity index is 1.62. The molecule has 0 fully saturated rings. The van der Waals surface area contributed by atoms with Crippen molar-refractivity contribution < 1.29 is 9.53 Å². The van der Waals surface area contributed by atoms with Crippen molar-refractivity contribution in [3.05, 3.63) is 95.6 Å². The molecule has 0 saturated carbocycles. The summed E-state index contributed by atoms with van der Waals surface area (Å²) in [7, 11) is 0. The second kappa shape index (κ2) is 10.3. The number of ether oxygens (including phenoxy) is 1. The summed E-state index contributed by atoms with van der Waals surface area (Å²) in [5.41, 5.74) is 5.41. The predicted octanol–water partition coefficient (Wildman–Crippen LogP) is 6.88. The van der Waals surface area contributed by atoms with E-state index in [2.05, 4.69) is 43.4 Å². The van der Waals surface area contributed by atoms with Crippen LogP contribution in [0.2, 0.25) is 0 Å². The Hall–Kier alpha value is -3.66. The molecular weight excluding hydrogens is 408 g/mol. The number of aromatic nitrogens is 1. The van der Waals surface area contributed by atoms with E-state index in [1.165, 1.54) is 5.56 Å². The molecule has 0 aliphatic carbocycles. The molecule has 0 aliphatic heterocycles. The predicted molar refractivity (Wildman–Crippen MR) is 135 cm³/mol. The van der Waals surface area contributed by atoms with E-state index in [0.717, 1.165) is 46.3 Å². The van der Waals surface area contributed by atoms with E-state index >= 15 is 0 Å². The van der Waals surface area contributed by atoms with E-state index in [9.17, 15) is 4.79 Å². The summed E-state index contributed by atoms with van der Waals surface area (Å²) in [5, 5.41) is 4.00. The number of pyridine rings is 1. The van der Waals surface area contributed by atoms with Crippen LogP contribution >= 0.6 is 0 Å². The van der Waals surface area contributed by atoms with Crippen LogP contribution in [0.15, 0.2) is 78.9 Å². The van der Waals surface area contributed by atoms with Gasteiger partial charge in [0.05, 0.1) is 29.4 Å². The van der Waals surface area contributed by atoms with E-state index in [1.807, 2.05) is 61.5 Å². The maximum absolute atomic E-state index is 13.3. The Bertz CT molecular complexity index is 1230. The van der Waals surface area contributed by atoms with Crippen molar-refractivity contribution in [2.45, 2.75) is 39.7 Å². The molecule has 33 heavy (non-hydrogen) atoms. The number of carbonyl (C=O) groups excluding carboxylic acids is 1. The summed E-state index contributed by atoms with van der Waals surface area (Å²) in [6.45, 7) is 6.92. The van der Waals surface area contributed by atoms with Crippen molar-refractivity contribution in [3.8, 4) is 17.0 Å². The fourth-order valence-electron chi connectivity index (χ4n) is 3.78. The van der Waals surface area contributed by atoms with Crippen LogP contribution in [0.25, 0.3) is 22.2 Å². The molecule has 0 bridgehead atoms. The van der Waals surface area contributed by atoms with Crippen molar-refractivity contribution in [1.29, 1.82) is 0 Å². The molecule has 1 atom stereocenters. The molecule has 0 radical (unpaired) electrons. The van der Waals surface area contributed by atoms with Crippen LogP contribution in [0.5, 0.6) is 5.75 Å². The number of hydrogen-bond donors (Lipinski definition) is 1. The van der Waals surface area contributed by atoms with Gasteiger partial charge in [-0.15, -0.1) is 0 Å². The van der Waals surface area contributed by atoms with Gasteiger partial charge in [0, 0.05) is 10.9 Å². The molecule has 4 heteroatoms. The standard InChI is InChI=1S/C29H30N2O2/c1-4-5-18-33-24-16-14-23(15-17-24)28-19-26(25-8-6-7-9-27(25)31-28)29(32)30-21(3)22-12-10-20(2)11-13-22/h6-17,19,21H,4-5,18H2,1-3H3,(H,30,32)/t21-/m1/s1. The maximum atomic E-state index is 13.3. The highest BCUT2D eigenvalue weighted by atomic mass is 16.5. The number of benzene rings is 3. The molecule has 168 valence electrons. The molecule has 4 rings (SSSR count). The van der Waals surface area contributed by atoms with Gasteiger partial charge in [-0.1, -0.05) is 61.4 Å². The van der Waals surface area contributed by atoms with Crippen molar-refractivity contribution in [2.24, 2.45) is 0 Å². The lowest BCUT2D eigenvalue weighted by molar-refractivity contribution is 0.0941. The Morgan fingerprint density at radius 2 is 1.73 bits per heavy atom. The lowest BCUT2D eigenvalue weighted by Crippen LogP contribution is -2.27. The third-order valence-electron chi connectivity index (χ3n) is 5.80. The highest BCUT2D eigenvalue weighted by molar-refractivity contribution is 6.07. The molecule has 4 aromatic rings. The maximum Gasteiger partial charge on any atom is 0.252 e. The topological polar surface area (TPSA) is 51.2 Å². The number of para-hydroxylation sites is 1.